The third-order valence-electron chi connectivity index (χ3n) is 1.18. The van der Waals surface area contributed by atoms with E-state index in [9.17, 15) is 4.21 Å². The Hall–Kier alpha value is 0.0700. The molecule has 0 saturated carbocycles. The SMILES string of the molecule is CCC[C@@H]1COS(=O)O1. The molecule has 0 aromatic rings. The van der Waals surface area contributed by atoms with E-state index in [1.165, 1.54) is 0 Å². The molecule has 9 heavy (non-hydrogen) atoms. The summed E-state index contributed by atoms with van der Waals surface area (Å²) in [5, 5.41) is 0. The van der Waals surface area contributed by atoms with Gasteiger partial charge in [-0.2, -0.15) is 4.21 Å². The molecule has 0 radical (unpaired) electrons. The van der Waals surface area contributed by atoms with Gasteiger partial charge < -0.3 is 0 Å². The van der Waals surface area contributed by atoms with Crippen molar-refractivity contribution in [2.24, 2.45) is 0 Å². The fourth-order valence-corrected chi connectivity index (χ4v) is 1.44. The molecule has 0 bridgehead atoms. The summed E-state index contributed by atoms with van der Waals surface area (Å²) in [6.07, 6.45) is 2.05. The summed E-state index contributed by atoms with van der Waals surface area (Å²) >= 11 is -1.45. The van der Waals surface area contributed by atoms with Crippen molar-refractivity contribution in [2.75, 3.05) is 6.61 Å². The average molecular weight is 150 g/mol. The van der Waals surface area contributed by atoms with E-state index in [2.05, 4.69) is 11.1 Å². The van der Waals surface area contributed by atoms with Crippen molar-refractivity contribution in [1.29, 1.82) is 0 Å². The molecule has 1 aliphatic heterocycles. The van der Waals surface area contributed by atoms with Gasteiger partial charge >= 0.3 is 11.4 Å². The highest BCUT2D eigenvalue weighted by molar-refractivity contribution is 7.75. The largest absolute Gasteiger partial charge is 0.305 e. The van der Waals surface area contributed by atoms with E-state index in [4.69, 9.17) is 4.18 Å². The molecule has 4 heteroatoms. The van der Waals surface area contributed by atoms with Crippen LogP contribution in [0.2, 0.25) is 0 Å². The van der Waals surface area contributed by atoms with Crippen LogP contribution in [-0.2, 0) is 19.7 Å². The Morgan fingerprint density at radius 2 is 2.56 bits per heavy atom. The Labute approximate surface area is 57.2 Å². The van der Waals surface area contributed by atoms with Crippen LogP contribution in [0.25, 0.3) is 0 Å². The summed E-state index contributed by atoms with van der Waals surface area (Å²) in [6, 6.07) is 0. The van der Waals surface area contributed by atoms with Crippen LogP contribution in [0.5, 0.6) is 0 Å². The zero-order valence-electron chi connectivity index (χ0n) is 5.33. The van der Waals surface area contributed by atoms with E-state index >= 15 is 0 Å². The number of hydrogen-bond acceptors (Lipinski definition) is 3. The van der Waals surface area contributed by atoms with E-state index < -0.39 is 11.4 Å². The Morgan fingerprint density at radius 3 is 3.00 bits per heavy atom. The van der Waals surface area contributed by atoms with Crippen molar-refractivity contribution < 1.29 is 12.6 Å². The Bertz CT molecular complexity index is 115. The van der Waals surface area contributed by atoms with Crippen LogP contribution < -0.4 is 0 Å². The van der Waals surface area contributed by atoms with Gasteiger partial charge in [0.05, 0.1) is 6.61 Å². The summed E-state index contributed by atoms with van der Waals surface area (Å²) in [7, 11) is 0. The topological polar surface area (TPSA) is 35.5 Å². The maximum atomic E-state index is 10.4. The van der Waals surface area contributed by atoms with Gasteiger partial charge in [-0.15, -0.1) is 0 Å². The first kappa shape index (κ1) is 7.18. The van der Waals surface area contributed by atoms with Crippen molar-refractivity contribution >= 4 is 11.4 Å². The van der Waals surface area contributed by atoms with E-state index in [0.29, 0.717) is 6.61 Å². The van der Waals surface area contributed by atoms with Gasteiger partial charge in [0.1, 0.15) is 6.10 Å². The Balaban J connectivity index is 2.22. The van der Waals surface area contributed by atoms with Gasteiger partial charge in [0.25, 0.3) is 0 Å². The molecule has 1 heterocycles. The van der Waals surface area contributed by atoms with Gasteiger partial charge in [0, 0.05) is 0 Å². The van der Waals surface area contributed by atoms with Gasteiger partial charge in [-0.1, -0.05) is 13.3 Å². The van der Waals surface area contributed by atoms with Crippen LogP contribution in [0.3, 0.4) is 0 Å². The lowest BCUT2D eigenvalue weighted by Crippen LogP contribution is -2.07. The average Bonchev–Trinajstić information content (AvgIpc) is 2.17. The lowest BCUT2D eigenvalue weighted by molar-refractivity contribution is 0.226. The molecule has 1 aliphatic rings. The van der Waals surface area contributed by atoms with Crippen molar-refractivity contribution in [3.05, 3.63) is 0 Å². The highest BCUT2D eigenvalue weighted by Gasteiger charge is 2.21. The van der Waals surface area contributed by atoms with Gasteiger partial charge in [0.15, 0.2) is 0 Å². The number of hydrogen-bond donors (Lipinski definition) is 0. The van der Waals surface area contributed by atoms with Crippen LogP contribution in [0.15, 0.2) is 0 Å². The van der Waals surface area contributed by atoms with E-state index in [-0.39, 0.29) is 6.10 Å². The molecule has 0 aliphatic carbocycles. The normalized spacial score (nSPS) is 35.2. The third-order valence-corrected chi connectivity index (χ3v) is 1.93. The van der Waals surface area contributed by atoms with Crippen LogP contribution >= 0.6 is 0 Å². The van der Waals surface area contributed by atoms with Gasteiger partial charge in [-0.25, -0.2) is 0 Å². The van der Waals surface area contributed by atoms with Gasteiger partial charge in [0.2, 0.25) is 0 Å². The minimum absolute atomic E-state index is 0.0656. The van der Waals surface area contributed by atoms with E-state index in [1.54, 1.807) is 0 Å². The smallest absolute Gasteiger partial charge is 0.266 e. The fourth-order valence-electron chi connectivity index (χ4n) is 0.752. The maximum absolute atomic E-state index is 10.4. The lowest BCUT2D eigenvalue weighted by Gasteiger charge is -1.99. The minimum Gasteiger partial charge on any atom is -0.266 e. The van der Waals surface area contributed by atoms with E-state index in [0.717, 1.165) is 12.8 Å². The van der Waals surface area contributed by atoms with Crippen LogP contribution in [0.1, 0.15) is 19.8 Å². The van der Waals surface area contributed by atoms with Crippen LogP contribution in [0.4, 0.5) is 0 Å². The molecule has 0 N–H and O–H groups in total. The molecule has 0 aromatic heterocycles. The molecule has 0 aromatic carbocycles. The second kappa shape index (κ2) is 3.29. The second-order valence-corrected chi connectivity index (χ2v) is 2.83. The third kappa shape index (κ3) is 2.04. The quantitative estimate of drug-likeness (QED) is 0.583. The fraction of sp³-hybridized carbons (Fsp3) is 1.00. The molecule has 1 unspecified atom stereocenters. The van der Waals surface area contributed by atoms with Gasteiger partial charge in [-0.05, 0) is 6.42 Å². The summed E-state index contributed by atoms with van der Waals surface area (Å²) in [6.45, 7) is 2.55. The van der Waals surface area contributed by atoms with Crippen molar-refractivity contribution in [1.82, 2.24) is 0 Å². The van der Waals surface area contributed by atoms with Crippen molar-refractivity contribution in [2.45, 2.75) is 25.9 Å². The van der Waals surface area contributed by atoms with E-state index in [1.807, 2.05) is 0 Å². The predicted molar refractivity (Wildman–Crippen MR) is 33.9 cm³/mol. The Kier molecular flexibility index (Phi) is 2.63. The van der Waals surface area contributed by atoms with Crippen LogP contribution in [-0.4, -0.2) is 16.9 Å². The molecule has 3 nitrogen and oxygen atoms in total. The van der Waals surface area contributed by atoms with Crippen LogP contribution in [0, 0.1) is 0 Å². The summed E-state index contributed by atoms with van der Waals surface area (Å²) in [4.78, 5) is 0. The molecule has 1 fully saturated rings. The standard InChI is InChI=1S/C5H10O3S/c1-2-3-5-4-7-9(6)8-5/h5H,2-4H2,1H3/t5-,9?/m1/s1. The molecule has 1 saturated heterocycles. The van der Waals surface area contributed by atoms with Crippen molar-refractivity contribution in [3.8, 4) is 0 Å². The molecule has 0 amide bonds. The molecule has 0 spiro atoms. The summed E-state index contributed by atoms with van der Waals surface area (Å²) in [5.74, 6) is 0. The highest BCUT2D eigenvalue weighted by atomic mass is 32.2. The summed E-state index contributed by atoms with van der Waals surface area (Å²) < 4.78 is 19.9. The zero-order chi connectivity index (χ0) is 6.69. The molecule has 54 valence electrons. The summed E-state index contributed by atoms with van der Waals surface area (Å²) in [5.41, 5.74) is 0. The molecular formula is C5H10O3S. The van der Waals surface area contributed by atoms with Gasteiger partial charge in [-0.3, -0.25) is 8.37 Å². The molecular weight excluding hydrogens is 140 g/mol. The first-order valence-corrected chi connectivity index (χ1v) is 4.05. The monoisotopic (exact) mass is 150 g/mol. The first-order chi connectivity index (χ1) is 4.33. The lowest BCUT2D eigenvalue weighted by atomic mass is 10.2. The first-order valence-electron chi connectivity index (χ1n) is 3.05. The zero-order valence-corrected chi connectivity index (χ0v) is 6.15. The highest BCUT2D eigenvalue weighted by Crippen LogP contribution is 2.12. The molecule has 1 rings (SSSR count). The number of rotatable bonds is 2. The Morgan fingerprint density at radius 1 is 1.78 bits per heavy atom. The second-order valence-electron chi connectivity index (χ2n) is 2.00. The predicted octanol–water partition coefficient (Wildman–Crippen LogP) is 0.781. The minimum atomic E-state index is -1.45. The van der Waals surface area contributed by atoms with Crippen molar-refractivity contribution in [3.63, 3.8) is 0 Å². The molecule has 2 atom stereocenters. The maximum Gasteiger partial charge on any atom is 0.305 e.